The molecule has 4 nitrogen and oxygen atoms in total. The SMILES string of the molecule is CCOc1cccc(OCC)c1-c1cnn(C(F)F)c1. The van der Waals surface area contributed by atoms with Gasteiger partial charge in [0.2, 0.25) is 0 Å². The van der Waals surface area contributed by atoms with Gasteiger partial charge in [-0.05, 0) is 26.0 Å². The highest BCUT2D eigenvalue weighted by Crippen LogP contribution is 2.38. The maximum Gasteiger partial charge on any atom is 0.333 e. The summed E-state index contributed by atoms with van der Waals surface area (Å²) in [5.41, 5.74) is 1.18. The highest BCUT2D eigenvalue weighted by Gasteiger charge is 2.16. The molecule has 0 radical (unpaired) electrons. The predicted molar refractivity (Wildman–Crippen MR) is 71.3 cm³/mol. The summed E-state index contributed by atoms with van der Waals surface area (Å²) in [6.07, 6.45) is 2.66. The number of halogens is 2. The van der Waals surface area contributed by atoms with Crippen molar-refractivity contribution in [3.05, 3.63) is 30.6 Å². The Bertz CT molecular complexity index is 546. The van der Waals surface area contributed by atoms with Crippen molar-refractivity contribution < 1.29 is 18.3 Å². The number of hydrogen-bond acceptors (Lipinski definition) is 3. The van der Waals surface area contributed by atoms with E-state index in [1.54, 1.807) is 18.2 Å². The Morgan fingerprint density at radius 1 is 1.15 bits per heavy atom. The van der Waals surface area contributed by atoms with Crippen LogP contribution < -0.4 is 9.47 Å². The maximum absolute atomic E-state index is 12.6. The van der Waals surface area contributed by atoms with Crippen molar-refractivity contribution in [2.24, 2.45) is 0 Å². The van der Waals surface area contributed by atoms with Crippen molar-refractivity contribution in [1.29, 1.82) is 0 Å². The number of rotatable bonds is 6. The first-order chi connectivity index (χ1) is 9.67. The van der Waals surface area contributed by atoms with Gasteiger partial charge in [-0.25, -0.2) is 4.68 Å². The Labute approximate surface area is 115 Å². The third kappa shape index (κ3) is 2.89. The molecule has 0 aliphatic heterocycles. The van der Waals surface area contributed by atoms with E-state index in [-0.39, 0.29) is 0 Å². The summed E-state index contributed by atoms with van der Waals surface area (Å²) in [5.74, 6) is 1.18. The Balaban J connectivity index is 2.50. The predicted octanol–water partition coefficient (Wildman–Crippen LogP) is 3.74. The lowest BCUT2D eigenvalue weighted by Gasteiger charge is -2.13. The summed E-state index contributed by atoms with van der Waals surface area (Å²) >= 11 is 0. The second kappa shape index (κ2) is 6.36. The van der Waals surface area contributed by atoms with Gasteiger partial charge in [0.05, 0.1) is 25.0 Å². The molecule has 0 saturated heterocycles. The normalized spacial score (nSPS) is 10.8. The van der Waals surface area contributed by atoms with E-state index in [4.69, 9.17) is 9.47 Å². The standard InChI is InChI=1S/C14H16F2N2O2/c1-3-19-11-6-5-7-12(20-4-2)13(11)10-8-17-18(9-10)14(15)16/h5-9,14H,3-4H2,1-2H3. The highest BCUT2D eigenvalue weighted by atomic mass is 19.3. The van der Waals surface area contributed by atoms with Gasteiger partial charge in [-0.3, -0.25) is 0 Å². The first-order valence-corrected chi connectivity index (χ1v) is 6.38. The molecule has 1 aromatic carbocycles. The van der Waals surface area contributed by atoms with Crippen LogP contribution >= 0.6 is 0 Å². The van der Waals surface area contributed by atoms with Gasteiger partial charge in [0.15, 0.2) is 0 Å². The molecule has 1 aromatic heterocycles. The van der Waals surface area contributed by atoms with Crippen LogP contribution in [0.4, 0.5) is 8.78 Å². The zero-order valence-electron chi connectivity index (χ0n) is 11.3. The molecule has 2 aromatic rings. The van der Waals surface area contributed by atoms with Crippen LogP contribution in [0.25, 0.3) is 11.1 Å². The third-order valence-electron chi connectivity index (χ3n) is 2.68. The molecular weight excluding hydrogens is 266 g/mol. The number of ether oxygens (including phenoxy) is 2. The van der Waals surface area contributed by atoms with Crippen LogP contribution in [0.5, 0.6) is 11.5 Å². The van der Waals surface area contributed by atoms with E-state index in [0.717, 1.165) is 0 Å². The first-order valence-electron chi connectivity index (χ1n) is 6.38. The summed E-state index contributed by atoms with van der Waals surface area (Å²) in [6, 6.07) is 5.36. The van der Waals surface area contributed by atoms with Crippen LogP contribution in [0.15, 0.2) is 30.6 Å². The molecule has 20 heavy (non-hydrogen) atoms. The minimum Gasteiger partial charge on any atom is -0.493 e. The molecule has 0 aliphatic rings. The topological polar surface area (TPSA) is 36.3 Å². The summed E-state index contributed by atoms with van der Waals surface area (Å²) in [7, 11) is 0. The van der Waals surface area contributed by atoms with Crippen LogP contribution in [0.1, 0.15) is 20.4 Å². The summed E-state index contributed by atoms with van der Waals surface area (Å²) in [4.78, 5) is 0. The van der Waals surface area contributed by atoms with Gasteiger partial charge in [-0.1, -0.05) is 6.07 Å². The molecule has 0 amide bonds. The fraction of sp³-hybridized carbons (Fsp3) is 0.357. The van der Waals surface area contributed by atoms with E-state index in [9.17, 15) is 8.78 Å². The third-order valence-corrected chi connectivity index (χ3v) is 2.68. The van der Waals surface area contributed by atoms with Crippen molar-refractivity contribution in [3.8, 4) is 22.6 Å². The van der Waals surface area contributed by atoms with Gasteiger partial charge in [0.1, 0.15) is 11.5 Å². The van der Waals surface area contributed by atoms with Gasteiger partial charge in [0.25, 0.3) is 0 Å². The summed E-state index contributed by atoms with van der Waals surface area (Å²) in [6.45, 7) is 2.01. The average Bonchev–Trinajstić information content (AvgIpc) is 2.89. The molecule has 0 N–H and O–H groups in total. The zero-order chi connectivity index (χ0) is 14.5. The summed E-state index contributed by atoms with van der Waals surface area (Å²) in [5, 5.41) is 3.65. The zero-order valence-corrected chi connectivity index (χ0v) is 11.3. The Morgan fingerprint density at radius 3 is 2.20 bits per heavy atom. The second-order valence-electron chi connectivity index (χ2n) is 3.98. The molecule has 0 bridgehead atoms. The quantitative estimate of drug-likeness (QED) is 0.809. The highest BCUT2D eigenvalue weighted by molar-refractivity contribution is 5.76. The van der Waals surface area contributed by atoms with Crippen molar-refractivity contribution in [2.75, 3.05) is 13.2 Å². The molecule has 1 heterocycles. The Hall–Kier alpha value is -2.11. The molecule has 2 rings (SSSR count). The number of aromatic nitrogens is 2. The van der Waals surface area contributed by atoms with Crippen LogP contribution in [-0.4, -0.2) is 23.0 Å². The van der Waals surface area contributed by atoms with Gasteiger partial charge in [-0.15, -0.1) is 0 Å². The van der Waals surface area contributed by atoms with E-state index in [1.807, 2.05) is 13.8 Å². The lowest BCUT2D eigenvalue weighted by molar-refractivity contribution is 0.0566. The van der Waals surface area contributed by atoms with Crippen LogP contribution in [0.3, 0.4) is 0 Å². The molecule has 0 fully saturated rings. The first kappa shape index (κ1) is 14.3. The van der Waals surface area contributed by atoms with E-state index in [1.165, 1.54) is 12.4 Å². The van der Waals surface area contributed by atoms with E-state index in [0.29, 0.717) is 40.5 Å². The van der Waals surface area contributed by atoms with Gasteiger partial charge in [-0.2, -0.15) is 13.9 Å². The number of hydrogen-bond donors (Lipinski definition) is 0. The van der Waals surface area contributed by atoms with E-state index < -0.39 is 6.55 Å². The maximum atomic E-state index is 12.6. The number of alkyl halides is 2. The fourth-order valence-electron chi connectivity index (χ4n) is 1.92. The lowest BCUT2D eigenvalue weighted by Crippen LogP contribution is -1.99. The Kier molecular flexibility index (Phi) is 4.55. The summed E-state index contributed by atoms with van der Waals surface area (Å²) < 4.78 is 37.0. The van der Waals surface area contributed by atoms with Crippen LogP contribution in [0, 0.1) is 0 Å². The largest absolute Gasteiger partial charge is 0.493 e. The second-order valence-corrected chi connectivity index (χ2v) is 3.98. The molecule has 6 heteroatoms. The lowest BCUT2D eigenvalue weighted by atomic mass is 10.1. The average molecular weight is 282 g/mol. The molecule has 0 aliphatic carbocycles. The number of benzene rings is 1. The minimum absolute atomic E-state index is 0.478. The van der Waals surface area contributed by atoms with E-state index >= 15 is 0 Å². The smallest absolute Gasteiger partial charge is 0.333 e. The van der Waals surface area contributed by atoms with Gasteiger partial charge < -0.3 is 9.47 Å². The molecule has 0 unspecified atom stereocenters. The van der Waals surface area contributed by atoms with Crippen LogP contribution in [0.2, 0.25) is 0 Å². The Morgan fingerprint density at radius 2 is 1.75 bits per heavy atom. The van der Waals surface area contributed by atoms with Crippen molar-refractivity contribution in [1.82, 2.24) is 9.78 Å². The van der Waals surface area contributed by atoms with Gasteiger partial charge >= 0.3 is 6.55 Å². The molecule has 0 saturated carbocycles. The monoisotopic (exact) mass is 282 g/mol. The molecular formula is C14H16F2N2O2. The number of nitrogens with zero attached hydrogens (tertiary/aromatic N) is 2. The molecule has 108 valence electrons. The van der Waals surface area contributed by atoms with Gasteiger partial charge in [0, 0.05) is 11.8 Å². The minimum atomic E-state index is -2.67. The fourth-order valence-corrected chi connectivity index (χ4v) is 1.92. The van der Waals surface area contributed by atoms with Crippen LogP contribution in [-0.2, 0) is 0 Å². The van der Waals surface area contributed by atoms with E-state index in [2.05, 4.69) is 5.10 Å². The molecule has 0 atom stereocenters. The van der Waals surface area contributed by atoms with Crippen molar-refractivity contribution >= 4 is 0 Å². The van der Waals surface area contributed by atoms with Crippen molar-refractivity contribution in [3.63, 3.8) is 0 Å². The molecule has 0 spiro atoms. The van der Waals surface area contributed by atoms with Crippen molar-refractivity contribution in [2.45, 2.75) is 20.4 Å².